The van der Waals surface area contributed by atoms with Gasteiger partial charge in [-0.15, -0.1) is 0 Å². The van der Waals surface area contributed by atoms with Gasteiger partial charge in [0.15, 0.2) is 11.5 Å². The number of para-hydroxylation sites is 1. The topological polar surface area (TPSA) is 101 Å². The van der Waals surface area contributed by atoms with Gasteiger partial charge in [0.1, 0.15) is 0 Å². The second-order valence-corrected chi connectivity index (χ2v) is 10.1. The maximum absolute atomic E-state index is 12.7. The Morgan fingerprint density at radius 1 is 1.00 bits per heavy atom. The maximum Gasteiger partial charge on any atom is 0.240 e. The summed E-state index contributed by atoms with van der Waals surface area (Å²) in [4.78, 5) is 21.4. The Morgan fingerprint density at radius 3 is 2.49 bits per heavy atom. The molecule has 0 bridgehead atoms. The molecule has 2 heterocycles. The largest absolute Gasteiger partial charge is 0.493 e. The van der Waals surface area contributed by atoms with Gasteiger partial charge in [0, 0.05) is 63.3 Å². The lowest BCUT2D eigenvalue weighted by Gasteiger charge is -2.35. The number of rotatable bonds is 9. The van der Waals surface area contributed by atoms with Crippen LogP contribution in [0.1, 0.15) is 12.0 Å². The van der Waals surface area contributed by atoms with Crippen LogP contribution < -0.4 is 14.2 Å². The van der Waals surface area contributed by atoms with E-state index in [-0.39, 0.29) is 23.8 Å². The minimum atomic E-state index is -3.78. The molecular formula is C25H30N4O5S. The Morgan fingerprint density at radius 2 is 1.74 bits per heavy atom. The Kier molecular flexibility index (Phi) is 7.84. The Hall–Kier alpha value is -3.21. The summed E-state index contributed by atoms with van der Waals surface area (Å²) in [6, 6.07) is 14.6. The van der Waals surface area contributed by atoms with Gasteiger partial charge in [-0.05, 0) is 23.8 Å². The lowest BCUT2D eigenvalue weighted by atomic mass is 10.1. The lowest BCUT2D eigenvalue weighted by Crippen LogP contribution is -2.48. The van der Waals surface area contributed by atoms with Crippen LogP contribution in [0.5, 0.6) is 11.5 Å². The van der Waals surface area contributed by atoms with Crippen molar-refractivity contribution in [2.75, 3.05) is 46.9 Å². The summed E-state index contributed by atoms with van der Waals surface area (Å²) in [6.07, 6.45) is 1.90. The summed E-state index contributed by atoms with van der Waals surface area (Å²) in [7, 11) is -0.850. The van der Waals surface area contributed by atoms with Gasteiger partial charge in [0.2, 0.25) is 15.9 Å². The molecule has 1 aliphatic rings. The highest BCUT2D eigenvalue weighted by Gasteiger charge is 2.23. The number of ether oxygens (including phenoxy) is 2. The summed E-state index contributed by atoms with van der Waals surface area (Å²) in [6.45, 7) is 3.54. The first kappa shape index (κ1) is 24.9. The molecule has 1 fully saturated rings. The molecule has 0 atom stereocenters. The molecule has 2 aromatic carbocycles. The van der Waals surface area contributed by atoms with E-state index in [2.05, 4.69) is 32.8 Å². The predicted octanol–water partition coefficient (Wildman–Crippen LogP) is 2.26. The minimum Gasteiger partial charge on any atom is -0.493 e. The molecule has 0 aliphatic carbocycles. The van der Waals surface area contributed by atoms with E-state index in [0.29, 0.717) is 24.6 Å². The van der Waals surface area contributed by atoms with Crippen LogP contribution in [0.25, 0.3) is 10.9 Å². The van der Waals surface area contributed by atoms with Gasteiger partial charge in [-0.3, -0.25) is 14.7 Å². The van der Waals surface area contributed by atoms with Gasteiger partial charge in [0.25, 0.3) is 0 Å². The monoisotopic (exact) mass is 498 g/mol. The quantitative estimate of drug-likeness (QED) is 0.483. The van der Waals surface area contributed by atoms with Gasteiger partial charge in [-0.2, -0.15) is 0 Å². The highest BCUT2D eigenvalue weighted by Crippen LogP contribution is 2.29. The van der Waals surface area contributed by atoms with Crippen molar-refractivity contribution in [2.24, 2.45) is 0 Å². The van der Waals surface area contributed by atoms with Crippen molar-refractivity contribution < 1.29 is 22.7 Å². The van der Waals surface area contributed by atoms with Gasteiger partial charge in [0.05, 0.1) is 24.6 Å². The summed E-state index contributed by atoms with van der Waals surface area (Å²) in [5, 5.41) is 1.12. The molecule has 0 unspecified atom stereocenters. The van der Waals surface area contributed by atoms with Crippen molar-refractivity contribution in [3.63, 3.8) is 0 Å². The zero-order valence-electron chi connectivity index (χ0n) is 19.9. The lowest BCUT2D eigenvalue weighted by molar-refractivity contribution is -0.132. The average Bonchev–Trinajstić information content (AvgIpc) is 2.88. The zero-order valence-corrected chi connectivity index (χ0v) is 20.8. The molecule has 186 valence electrons. The number of nitrogens with zero attached hydrogens (tertiary/aromatic N) is 3. The van der Waals surface area contributed by atoms with Crippen LogP contribution in [0.15, 0.2) is 59.6 Å². The number of carbonyl (C=O) groups excluding carboxylic acids is 1. The number of methoxy groups -OCH3 is 2. The van der Waals surface area contributed by atoms with Gasteiger partial charge in [-0.25, -0.2) is 13.1 Å². The summed E-state index contributed by atoms with van der Waals surface area (Å²) in [5.74, 6) is 0.701. The Bertz CT molecular complexity index is 1280. The van der Waals surface area contributed by atoms with Crippen molar-refractivity contribution >= 4 is 26.8 Å². The number of amides is 1. The van der Waals surface area contributed by atoms with E-state index < -0.39 is 10.0 Å². The van der Waals surface area contributed by atoms with Gasteiger partial charge < -0.3 is 14.4 Å². The minimum absolute atomic E-state index is 0.0252. The third kappa shape index (κ3) is 5.90. The highest BCUT2D eigenvalue weighted by atomic mass is 32.2. The van der Waals surface area contributed by atoms with Crippen LogP contribution in [0.4, 0.5) is 0 Å². The van der Waals surface area contributed by atoms with Crippen LogP contribution >= 0.6 is 0 Å². The van der Waals surface area contributed by atoms with Crippen LogP contribution in [0.2, 0.25) is 0 Å². The first-order valence-electron chi connectivity index (χ1n) is 11.5. The summed E-state index contributed by atoms with van der Waals surface area (Å²) < 4.78 is 38.1. The number of carbonyl (C=O) groups is 1. The Balaban J connectivity index is 1.26. The van der Waals surface area contributed by atoms with Gasteiger partial charge in [-0.1, -0.05) is 24.3 Å². The molecule has 1 aliphatic heterocycles. The third-order valence-corrected chi connectivity index (χ3v) is 7.59. The number of benzene rings is 2. The number of hydrogen-bond donors (Lipinski definition) is 1. The summed E-state index contributed by atoms with van der Waals surface area (Å²) in [5.41, 5.74) is 2.18. The molecule has 1 N–H and O–H groups in total. The van der Waals surface area contributed by atoms with Crippen molar-refractivity contribution in [1.29, 1.82) is 0 Å². The summed E-state index contributed by atoms with van der Waals surface area (Å²) >= 11 is 0. The molecule has 10 heteroatoms. The van der Waals surface area contributed by atoms with E-state index >= 15 is 0 Å². The van der Waals surface area contributed by atoms with E-state index in [1.54, 1.807) is 4.90 Å². The number of nitrogens with one attached hydrogen (secondary N) is 1. The van der Waals surface area contributed by atoms with E-state index in [9.17, 15) is 13.2 Å². The molecular weight excluding hydrogens is 468 g/mol. The third-order valence-electron chi connectivity index (χ3n) is 6.13. The number of piperazine rings is 1. The van der Waals surface area contributed by atoms with Crippen LogP contribution in [-0.2, 0) is 21.4 Å². The Labute approximate surface area is 205 Å². The number of hydrogen-bond acceptors (Lipinski definition) is 7. The van der Waals surface area contributed by atoms with Crippen molar-refractivity contribution in [3.05, 3.63) is 60.3 Å². The fourth-order valence-electron chi connectivity index (χ4n) is 4.21. The molecule has 1 saturated heterocycles. The van der Waals surface area contributed by atoms with Crippen molar-refractivity contribution in [2.45, 2.75) is 17.9 Å². The molecule has 9 nitrogen and oxygen atoms in total. The predicted molar refractivity (Wildman–Crippen MR) is 133 cm³/mol. The average molecular weight is 499 g/mol. The number of pyridine rings is 1. The fraction of sp³-hybridized carbons (Fsp3) is 0.360. The molecule has 0 radical (unpaired) electrons. The molecule has 1 amide bonds. The highest BCUT2D eigenvalue weighted by molar-refractivity contribution is 7.89. The SMILES string of the molecule is COc1ccc(S(=O)(=O)NCCC(=O)N2CCN(Cc3cccc4cccnc34)CC2)cc1OC. The normalized spacial score (nSPS) is 14.7. The van der Waals surface area contributed by atoms with E-state index in [0.717, 1.165) is 30.5 Å². The zero-order chi connectivity index (χ0) is 24.8. The van der Waals surface area contributed by atoms with E-state index in [1.165, 1.54) is 38.0 Å². The molecule has 1 aromatic heterocycles. The smallest absolute Gasteiger partial charge is 0.240 e. The number of sulfonamides is 1. The molecule has 3 aromatic rings. The van der Waals surface area contributed by atoms with E-state index in [4.69, 9.17) is 9.47 Å². The molecule has 4 rings (SSSR count). The van der Waals surface area contributed by atoms with Crippen LogP contribution in [0.3, 0.4) is 0 Å². The second kappa shape index (κ2) is 11.0. The maximum atomic E-state index is 12.7. The standard InChI is InChI=1S/C25H30N4O5S/c1-33-22-9-8-21(17-23(22)34-2)35(31,32)27-12-10-24(30)29-15-13-28(14-16-29)18-20-6-3-5-19-7-4-11-26-25(19)20/h3-9,11,17,27H,10,12-16,18H2,1-2H3. The van der Waals surface area contributed by atoms with Gasteiger partial charge >= 0.3 is 0 Å². The number of aromatic nitrogens is 1. The van der Waals surface area contributed by atoms with Crippen LogP contribution in [0, 0.1) is 0 Å². The van der Waals surface area contributed by atoms with Crippen LogP contribution in [-0.4, -0.2) is 76.1 Å². The first-order valence-corrected chi connectivity index (χ1v) is 12.9. The molecule has 0 saturated carbocycles. The van der Waals surface area contributed by atoms with Crippen molar-refractivity contribution in [1.82, 2.24) is 19.5 Å². The molecule has 0 spiro atoms. The fourth-order valence-corrected chi connectivity index (χ4v) is 5.26. The molecule has 35 heavy (non-hydrogen) atoms. The number of fused-ring (bicyclic) bond motifs is 1. The van der Waals surface area contributed by atoms with E-state index in [1.807, 2.05) is 18.3 Å². The second-order valence-electron chi connectivity index (χ2n) is 8.31. The van der Waals surface area contributed by atoms with Crippen molar-refractivity contribution in [3.8, 4) is 11.5 Å². The first-order chi connectivity index (χ1) is 16.9.